The first-order valence-corrected chi connectivity index (χ1v) is 5.49. The summed E-state index contributed by atoms with van der Waals surface area (Å²) in [7, 11) is 0. The maximum Gasteiger partial charge on any atom is 0.268 e. The highest BCUT2D eigenvalue weighted by Crippen LogP contribution is 2.10. The summed E-state index contributed by atoms with van der Waals surface area (Å²) in [6, 6.07) is 1.56. The van der Waals surface area contributed by atoms with E-state index in [-0.39, 0.29) is 12.5 Å². The summed E-state index contributed by atoms with van der Waals surface area (Å²) in [5.41, 5.74) is 1.24. The van der Waals surface area contributed by atoms with Crippen LogP contribution in [0.5, 0.6) is 0 Å². The smallest absolute Gasteiger partial charge is 0.268 e. The largest absolute Gasteiger partial charge is 0.444 e. The van der Waals surface area contributed by atoms with E-state index in [1.54, 1.807) is 12.3 Å². The van der Waals surface area contributed by atoms with Gasteiger partial charge in [0.05, 0.1) is 17.3 Å². The molecule has 2 heterocycles. The number of carbonyl (C=O) groups excluding carboxylic acids is 1. The van der Waals surface area contributed by atoms with Crippen molar-refractivity contribution in [3.63, 3.8) is 0 Å². The molecular formula is C11H12ClN3O2. The summed E-state index contributed by atoms with van der Waals surface area (Å²) in [5.74, 6) is 1.01. The number of amides is 1. The van der Waals surface area contributed by atoms with Gasteiger partial charge in [-0.05, 0) is 19.9 Å². The third kappa shape index (κ3) is 2.68. The Morgan fingerprint density at radius 3 is 2.88 bits per heavy atom. The third-order valence-electron chi connectivity index (χ3n) is 2.37. The molecule has 0 aliphatic carbocycles. The number of carbonyl (C=O) groups is 1. The second-order valence-corrected chi connectivity index (χ2v) is 4.10. The van der Waals surface area contributed by atoms with Crippen molar-refractivity contribution in [3.05, 3.63) is 40.3 Å². The molecule has 0 aliphatic heterocycles. The molecule has 2 rings (SSSR count). The number of aromatic amines is 1. The summed E-state index contributed by atoms with van der Waals surface area (Å²) in [4.78, 5) is 18.6. The van der Waals surface area contributed by atoms with Crippen molar-refractivity contribution < 1.29 is 9.21 Å². The fraction of sp³-hybridized carbons (Fsp3) is 0.273. The van der Waals surface area contributed by atoms with Crippen LogP contribution in [0.3, 0.4) is 0 Å². The minimum absolute atomic E-state index is 0.245. The standard InChI is InChI=1S/C11H12ClN3O2/c1-6-7(2)17-10(15-6)5-14-11(16)9-3-8(12)4-13-9/h3-4,13H,5H2,1-2H3,(H,14,16). The highest BCUT2D eigenvalue weighted by Gasteiger charge is 2.10. The first-order chi connectivity index (χ1) is 8.06. The molecule has 0 spiro atoms. The number of nitrogens with zero attached hydrogens (tertiary/aromatic N) is 1. The number of aromatic nitrogens is 2. The molecule has 0 bridgehead atoms. The van der Waals surface area contributed by atoms with Crippen molar-refractivity contribution in [2.45, 2.75) is 20.4 Å². The van der Waals surface area contributed by atoms with Crippen LogP contribution >= 0.6 is 11.6 Å². The molecule has 0 saturated heterocycles. The molecule has 0 radical (unpaired) electrons. The van der Waals surface area contributed by atoms with Crippen molar-refractivity contribution in [1.82, 2.24) is 15.3 Å². The predicted molar refractivity (Wildman–Crippen MR) is 62.9 cm³/mol. The van der Waals surface area contributed by atoms with Crippen LogP contribution < -0.4 is 5.32 Å². The number of H-pyrrole nitrogens is 1. The van der Waals surface area contributed by atoms with Crippen LogP contribution in [0.1, 0.15) is 27.8 Å². The molecule has 6 heteroatoms. The zero-order valence-corrected chi connectivity index (χ0v) is 10.3. The highest BCUT2D eigenvalue weighted by molar-refractivity contribution is 6.30. The van der Waals surface area contributed by atoms with Crippen molar-refractivity contribution >= 4 is 17.5 Å². The molecular weight excluding hydrogens is 242 g/mol. The second kappa shape index (κ2) is 4.63. The van der Waals surface area contributed by atoms with Crippen LogP contribution in [0, 0.1) is 13.8 Å². The Kier molecular flexibility index (Phi) is 3.19. The topological polar surface area (TPSA) is 70.9 Å². The molecule has 2 aromatic heterocycles. The summed E-state index contributed by atoms with van der Waals surface area (Å²) in [6.07, 6.45) is 1.55. The molecule has 2 aromatic rings. The Labute approximate surface area is 103 Å². The van der Waals surface area contributed by atoms with E-state index in [0.29, 0.717) is 16.6 Å². The van der Waals surface area contributed by atoms with E-state index in [4.69, 9.17) is 16.0 Å². The molecule has 0 aliphatic rings. The number of hydrogen-bond acceptors (Lipinski definition) is 3. The van der Waals surface area contributed by atoms with Crippen LogP contribution in [-0.2, 0) is 6.54 Å². The van der Waals surface area contributed by atoms with Gasteiger partial charge in [0.15, 0.2) is 0 Å². The lowest BCUT2D eigenvalue weighted by Crippen LogP contribution is -2.23. The Morgan fingerprint density at radius 2 is 2.35 bits per heavy atom. The zero-order chi connectivity index (χ0) is 12.4. The SMILES string of the molecule is Cc1nc(CNC(=O)c2cc(Cl)c[nH]2)oc1C. The Hall–Kier alpha value is -1.75. The Balaban J connectivity index is 1.96. The van der Waals surface area contributed by atoms with Crippen LogP contribution in [0.4, 0.5) is 0 Å². The van der Waals surface area contributed by atoms with Crippen molar-refractivity contribution in [1.29, 1.82) is 0 Å². The van der Waals surface area contributed by atoms with Gasteiger partial charge in [-0.15, -0.1) is 0 Å². The van der Waals surface area contributed by atoms with Gasteiger partial charge >= 0.3 is 0 Å². The lowest BCUT2D eigenvalue weighted by molar-refractivity contribution is 0.0942. The lowest BCUT2D eigenvalue weighted by Gasteiger charge is -1.99. The lowest BCUT2D eigenvalue weighted by atomic mass is 10.4. The minimum Gasteiger partial charge on any atom is -0.444 e. The molecule has 0 saturated carbocycles. The maximum atomic E-state index is 11.7. The van der Waals surface area contributed by atoms with E-state index in [2.05, 4.69) is 15.3 Å². The minimum atomic E-state index is -0.245. The Morgan fingerprint density at radius 1 is 1.59 bits per heavy atom. The molecule has 2 N–H and O–H groups in total. The van der Waals surface area contributed by atoms with E-state index in [9.17, 15) is 4.79 Å². The van der Waals surface area contributed by atoms with Gasteiger partial charge in [-0.1, -0.05) is 11.6 Å². The van der Waals surface area contributed by atoms with E-state index >= 15 is 0 Å². The maximum absolute atomic E-state index is 11.7. The van der Waals surface area contributed by atoms with Gasteiger partial charge in [0, 0.05) is 6.20 Å². The van der Waals surface area contributed by atoms with Gasteiger partial charge in [0.2, 0.25) is 5.89 Å². The normalized spacial score (nSPS) is 10.5. The van der Waals surface area contributed by atoms with Gasteiger partial charge in [-0.2, -0.15) is 0 Å². The number of nitrogens with one attached hydrogen (secondary N) is 2. The number of hydrogen-bond donors (Lipinski definition) is 2. The third-order valence-corrected chi connectivity index (χ3v) is 2.58. The van der Waals surface area contributed by atoms with Crippen LogP contribution in [0.2, 0.25) is 5.02 Å². The van der Waals surface area contributed by atoms with Gasteiger partial charge < -0.3 is 14.7 Å². The highest BCUT2D eigenvalue weighted by atomic mass is 35.5. The number of rotatable bonds is 3. The van der Waals surface area contributed by atoms with Gasteiger partial charge in [-0.25, -0.2) is 4.98 Å². The molecule has 5 nitrogen and oxygen atoms in total. The first-order valence-electron chi connectivity index (χ1n) is 5.11. The average Bonchev–Trinajstić information content (AvgIpc) is 2.83. The van der Waals surface area contributed by atoms with Crippen molar-refractivity contribution in [3.8, 4) is 0 Å². The van der Waals surface area contributed by atoms with Gasteiger partial charge in [0.1, 0.15) is 11.5 Å². The molecule has 0 fully saturated rings. The van der Waals surface area contributed by atoms with Crippen molar-refractivity contribution in [2.75, 3.05) is 0 Å². The van der Waals surface area contributed by atoms with Crippen molar-refractivity contribution in [2.24, 2.45) is 0 Å². The second-order valence-electron chi connectivity index (χ2n) is 3.66. The summed E-state index contributed by atoms with van der Waals surface area (Å²) in [5, 5.41) is 3.18. The first kappa shape index (κ1) is 11.7. The van der Waals surface area contributed by atoms with E-state index in [1.165, 1.54) is 0 Å². The quantitative estimate of drug-likeness (QED) is 0.881. The average molecular weight is 254 g/mol. The number of aryl methyl sites for hydroxylation is 2. The van der Waals surface area contributed by atoms with E-state index in [0.717, 1.165) is 11.5 Å². The van der Waals surface area contributed by atoms with E-state index in [1.807, 2.05) is 13.8 Å². The molecule has 0 atom stereocenters. The molecule has 1 amide bonds. The predicted octanol–water partition coefficient (Wildman–Crippen LogP) is 2.20. The molecule has 90 valence electrons. The monoisotopic (exact) mass is 253 g/mol. The van der Waals surface area contributed by atoms with Crippen LogP contribution in [-0.4, -0.2) is 15.9 Å². The van der Waals surface area contributed by atoms with E-state index < -0.39 is 0 Å². The van der Waals surface area contributed by atoms with Crippen LogP contribution in [0.15, 0.2) is 16.7 Å². The number of halogens is 1. The molecule has 0 aromatic carbocycles. The number of oxazole rings is 1. The van der Waals surface area contributed by atoms with Gasteiger partial charge in [-0.3, -0.25) is 4.79 Å². The zero-order valence-electron chi connectivity index (χ0n) is 9.50. The Bertz CT molecular complexity index is 525. The molecule has 0 unspecified atom stereocenters. The molecule has 17 heavy (non-hydrogen) atoms. The summed E-state index contributed by atoms with van der Waals surface area (Å²) < 4.78 is 5.34. The summed E-state index contributed by atoms with van der Waals surface area (Å²) in [6.45, 7) is 3.94. The van der Waals surface area contributed by atoms with Crippen LogP contribution in [0.25, 0.3) is 0 Å². The fourth-order valence-electron chi connectivity index (χ4n) is 1.36. The summed E-state index contributed by atoms with van der Waals surface area (Å²) >= 11 is 5.70. The fourth-order valence-corrected chi connectivity index (χ4v) is 1.53. The van der Waals surface area contributed by atoms with Gasteiger partial charge in [0.25, 0.3) is 5.91 Å².